The molecular weight excluding hydrogens is 622 g/mol. The average Bonchev–Trinajstić information content (AvgIpc) is 3.43. The van der Waals surface area contributed by atoms with E-state index in [1.807, 2.05) is 43.3 Å². The van der Waals surface area contributed by atoms with Crippen LogP contribution in [0.3, 0.4) is 0 Å². The van der Waals surface area contributed by atoms with Gasteiger partial charge in [0.25, 0.3) is 11.1 Å². The third-order valence-corrected chi connectivity index (χ3v) is 7.17. The lowest BCUT2D eigenvalue weighted by Gasteiger charge is -2.15. The van der Waals surface area contributed by atoms with Crippen LogP contribution in [0.25, 0.3) is 22.2 Å². The number of carbonyl (C=O) groups excluding carboxylic acids is 1. The average molecular weight is 654 g/mol. The number of hydrogen-bond donors (Lipinski definition) is 3. The Morgan fingerprint density at radius 3 is 2.25 bits per heavy atom. The Hall–Kier alpha value is -6.48. The summed E-state index contributed by atoms with van der Waals surface area (Å²) in [6.07, 6.45) is -0.954. The van der Waals surface area contributed by atoms with Crippen LogP contribution in [0.15, 0.2) is 96.1 Å². The van der Waals surface area contributed by atoms with Crippen LogP contribution >= 0.6 is 0 Å². The highest BCUT2D eigenvalue weighted by Crippen LogP contribution is 2.28. The number of imidazole rings is 1. The van der Waals surface area contributed by atoms with Crippen molar-refractivity contribution in [2.75, 3.05) is 6.61 Å². The van der Waals surface area contributed by atoms with Crippen molar-refractivity contribution in [1.29, 1.82) is 0 Å². The van der Waals surface area contributed by atoms with Crippen LogP contribution in [-0.4, -0.2) is 49.4 Å². The minimum atomic E-state index is -1.06. The molecule has 15 nitrogen and oxygen atoms in total. The van der Waals surface area contributed by atoms with E-state index in [0.29, 0.717) is 52.0 Å². The molecule has 5 aromatic rings. The monoisotopic (exact) mass is 653 g/mol. The van der Waals surface area contributed by atoms with E-state index < -0.39 is 17.1 Å². The maximum absolute atomic E-state index is 12.5. The van der Waals surface area contributed by atoms with Gasteiger partial charge < -0.3 is 25.2 Å². The molecule has 0 saturated heterocycles. The molecule has 5 N–H and O–H groups in total. The minimum absolute atomic E-state index is 0.0308. The lowest BCUT2D eigenvalue weighted by molar-refractivity contribution is -0.763. The zero-order chi connectivity index (χ0) is 34.2. The topological polar surface area (TPSA) is 211 Å². The van der Waals surface area contributed by atoms with Gasteiger partial charge in [0.1, 0.15) is 13.2 Å². The molecule has 4 aromatic carbocycles. The zero-order valence-corrected chi connectivity index (χ0v) is 25.7. The van der Waals surface area contributed by atoms with Crippen LogP contribution < -0.4 is 16.3 Å². The molecule has 0 atom stereocenters. The summed E-state index contributed by atoms with van der Waals surface area (Å²) in [5.74, 6) is 4.75. The summed E-state index contributed by atoms with van der Waals surface area (Å²) in [7, 11) is 0. The first-order valence-corrected chi connectivity index (χ1v) is 14.6. The number of carboxylic acids is 1. The van der Waals surface area contributed by atoms with Gasteiger partial charge in [0, 0.05) is 5.56 Å². The zero-order valence-electron chi connectivity index (χ0n) is 25.7. The fourth-order valence-electron chi connectivity index (χ4n) is 4.93. The number of nitrogens with zero attached hydrogens (tertiary/aromatic N) is 5. The summed E-state index contributed by atoms with van der Waals surface area (Å²) in [6.45, 7) is 2.18. The highest BCUT2D eigenvalue weighted by atomic mass is 16.9. The standard InChI is InChI=1S/C33H31N7O8/c1-2-46-32-36-28-9-5-8-27(31(41)42)29(28)38(32)18-21-14-16-24(17-15-21)25-6-3-4-7-26(25)30(34)37-39(35)33(43)47-19-22-10-12-23(13-11-22)20-48-40(44)45/h3-17H,2,18-20,35H2,1H3,(H2,34,37)(H,41,42). The number of amides is 1. The molecule has 0 aliphatic carbocycles. The predicted molar refractivity (Wildman–Crippen MR) is 174 cm³/mol. The number of carboxylic acid groups (broad SMARTS) is 1. The number of hydrazone groups is 1. The lowest BCUT2D eigenvalue weighted by atomic mass is 9.98. The smallest absolute Gasteiger partial charge is 0.445 e. The van der Waals surface area contributed by atoms with Crippen molar-refractivity contribution < 1.29 is 34.1 Å². The van der Waals surface area contributed by atoms with E-state index in [2.05, 4.69) is 14.9 Å². The molecule has 0 aliphatic rings. The number of aromatic nitrogens is 2. The summed E-state index contributed by atoms with van der Waals surface area (Å²) < 4.78 is 12.7. The SMILES string of the molecule is CCOc1nc2cccc(C(=O)O)c2n1Cc1ccc(-c2ccccc2/C(N)=N/N(N)C(=O)OCc2ccc(CO[N+](=O)[O-])cc2)cc1. The van der Waals surface area contributed by atoms with Gasteiger partial charge in [-0.2, -0.15) is 4.98 Å². The maximum atomic E-state index is 12.5. The molecule has 0 bridgehead atoms. The molecule has 246 valence electrons. The second-order valence-electron chi connectivity index (χ2n) is 10.3. The predicted octanol–water partition coefficient (Wildman–Crippen LogP) is 4.69. The molecule has 0 unspecified atom stereocenters. The van der Waals surface area contributed by atoms with Gasteiger partial charge in [0.05, 0.1) is 29.7 Å². The number of hydrogen-bond acceptors (Lipinski definition) is 10. The van der Waals surface area contributed by atoms with E-state index in [0.717, 1.165) is 16.7 Å². The van der Waals surface area contributed by atoms with E-state index in [-0.39, 0.29) is 24.6 Å². The first-order chi connectivity index (χ1) is 23.1. The van der Waals surface area contributed by atoms with Crippen molar-refractivity contribution in [3.05, 3.63) is 129 Å². The van der Waals surface area contributed by atoms with E-state index >= 15 is 0 Å². The van der Waals surface area contributed by atoms with Crippen molar-refractivity contribution in [2.45, 2.75) is 26.7 Å². The van der Waals surface area contributed by atoms with Crippen LogP contribution in [0.4, 0.5) is 4.79 Å². The van der Waals surface area contributed by atoms with E-state index in [4.69, 9.17) is 21.1 Å². The highest BCUT2D eigenvalue weighted by Gasteiger charge is 2.19. The molecule has 1 amide bonds. The van der Waals surface area contributed by atoms with Crippen LogP contribution in [-0.2, 0) is 29.3 Å². The molecule has 0 fully saturated rings. The fraction of sp³-hybridized carbons (Fsp3) is 0.152. The van der Waals surface area contributed by atoms with Gasteiger partial charge in [-0.1, -0.05) is 78.9 Å². The Morgan fingerprint density at radius 1 is 0.938 bits per heavy atom. The number of rotatable bonds is 13. The van der Waals surface area contributed by atoms with Gasteiger partial charge in [-0.25, -0.2) is 15.4 Å². The van der Waals surface area contributed by atoms with Gasteiger partial charge in [0.15, 0.2) is 5.84 Å². The molecular formula is C33H31N7O8. The first-order valence-electron chi connectivity index (χ1n) is 14.6. The molecule has 1 heterocycles. The van der Waals surface area contributed by atoms with Crippen molar-refractivity contribution in [3.8, 4) is 17.1 Å². The third-order valence-electron chi connectivity index (χ3n) is 7.17. The van der Waals surface area contributed by atoms with Crippen molar-refractivity contribution in [3.63, 3.8) is 0 Å². The van der Waals surface area contributed by atoms with E-state index in [1.54, 1.807) is 53.1 Å². The minimum Gasteiger partial charge on any atom is -0.478 e. The number of ether oxygens (including phenoxy) is 2. The van der Waals surface area contributed by atoms with Gasteiger partial charge >= 0.3 is 12.1 Å². The molecule has 0 aliphatic heterocycles. The number of carbonyl (C=O) groups is 2. The van der Waals surface area contributed by atoms with Crippen LogP contribution in [0, 0.1) is 10.1 Å². The second kappa shape index (κ2) is 14.7. The van der Waals surface area contributed by atoms with Crippen LogP contribution in [0.1, 0.15) is 39.5 Å². The highest BCUT2D eigenvalue weighted by molar-refractivity contribution is 6.04. The number of amidine groups is 1. The quantitative estimate of drug-likeness (QED) is 0.0396. The summed E-state index contributed by atoms with van der Waals surface area (Å²) >= 11 is 0. The number of fused-ring (bicyclic) bond motifs is 1. The van der Waals surface area contributed by atoms with Gasteiger partial charge in [-0.15, -0.1) is 20.3 Å². The number of para-hydroxylation sites is 1. The Bertz CT molecular complexity index is 1970. The summed E-state index contributed by atoms with van der Waals surface area (Å²) in [4.78, 5) is 43.7. The molecule has 48 heavy (non-hydrogen) atoms. The summed E-state index contributed by atoms with van der Waals surface area (Å²) in [5.41, 5.74) is 11.5. The largest absolute Gasteiger partial charge is 0.478 e. The van der Waals surface area contributed by atoms with E-state index in [1.165, 1.54) is 6.07 Å². The molecule has 0 radical (unpaired) electrons. The third kappa shape index (κ3) is 7.66. The van der Waals surface area contributed by atoms with Crippen molar-refractivity contribution >= 4 is 28.9 Å². The maximum Gasteiger partial charge on any atom is 0.445 e. The number of nitrogens with two attached hydrogens (primary N) is 2. The molecule has 5 rings (SSSR count). The fourth-order valence-corrected chi connectivity index (χ4v) is 4.93. The normalized spacial score (nSPS) is 11.2. The van der Waals surface area contributed by atoms with Crippen molar-refractivity contribution in [1.82, 2.24) is 14.7 Å². The van der Waals surface area contributed by atoms with Gasteiger partial charge in [-0.3, -0.25) is 4.57 Å². The van der Waals surface area contributed by atoms with Crippen molar-refractivity contribution in [2.24, 2.45) is 16.7 Å². The Kier molecular flexibility index (Phi) is 10.1. The second-order valence-corrected chi connectivity index (χ2v) is 10.3. The lowest BCUT2D eigenvalue weighted by Crippen LogP contribution is -2.35. The Morgan fingerprint density at radius 2 is 1.58 bits per heavy atom. The van der Waals surface area contributed by atoms with Gasteiger partial charge in [0.2, 0.25) is 0 Å². The number of benzene rings is 4. The van der Waals surface area contributed by atoms with Crippen LogP contribution in [0.2, 0.25) is 0 Å². The van der Waals surface area contributed by atoms with E-state index in [9.17, 15) is 24.8 Å². The first kappa shape index (κ1) is 32.9. The number of hydrazine groups is 1. The molecule has 0 spiro atoms. The van der Waals surface area contributed by atoms with Gasteiger partial charge in [-0.05, 0) is 46.9 Å². The molecule has 1 aromatic heterocycles. The Balaban J connectivity index is 1.29. The summed E-state index contributed by atoms with van der Waals surface area (Å²) in [5, 5.41) is 23.8. The summed E-state index contributed by atoms with van der Waals surface area (Å²) in [6, 6.07) is 26.5. The van der Waals surface area contributed by atoms with Crippen LogP contribution in [0.5, 0.6) is 6.01 Å². The Labute approximate surface area is 273 Å². The molecule has 0 saturated carbocycles. The number of aromatic carboxylic acids is 1. The molecule has 15 heteroatoms.